The van der Waals surface area contributed by atoms with Crippen LogP contribution < -0.4 is 0 Å². The maximum Gasteiger partial charge on any atom is 0.180 e. The highest BCUT2D eigenvalue weighted by molar-refractivity contribution is 5.80. The molecule has 1 aliphatic heterocycles. The molecule has 0 radical (unpaired) electrons. The van der Waals surface area contributed by atoms with Crippen molar-refractivity contribution in [2.75, 3.05) is 13.2 Å². The third kappa shape index (κ3) is 4.89. The van der Waals surface area contributed by atoms with Crippen LogP contribution in [0.15, 0.2) is 90.3 Å². The predicted molar refractivity (Wildman–Crippen MR) is 139 cm³/mol. The number of carbonyl (C=O) groups excluding carboxylic acids is 1. The summed E-state index contributed by atoms with van der Waals surface area (Å²) in [7, 11) is 0. The topological polar surface area (TPSA) is 78.0 Å². The number of aldehydes is 1. The summed E-state index contributed by atoms with van der Waals surface area (Å²) in [5, 5.41) is 14.3. The molecule has 1 aromatic heterocycles. The van der Waals surface area contributed by atoms with Crippen LogP contribution in [0.3, 0.4) is 0 Å². The number of tetrazole rings is 1. The molecule has 178 valence electrons. The van der Waals surface area contributed by atoms with Gasteiger partial charge < -0.3 is 9.80 Å². The van der Waals surface area contributed by atoms with Gasteiger partial charge in [-0.2, -0.15) is 0 Å². The third-order valence-electron chi connectivity index (χ3n) is 6.11. The van der Waals surface area contributed by atoms with Crippen molar-refractivity contribution in [2.24, 2.45) is 0 Å². The van der Waals surface area contributed by atoms with Crippen molar-refractivity contribution in [3.05, 3.63) is 101 Å². The lowest BCUT2D eigenvalue weighted by Gasteiger charge is -2.22. The van der Waals surface area contributed by atoms with Crippen LogP contribution in [0.5, 0.6) is 0 Å². The number of rotatable bonds is 7. The molecular formula is C29H26N6O. The summed E-state index contributed by atoms with van der Waals surface area (Å²) in [5.74, 6) is 7.11. The first kappa shape index (κ1) is 23.1. The Balaban J connectivity index is 1.39. The molecule has 0 spiro atoms. The van der Waals surface area contributed by atoms with Crippen LogP contribution in [0.4, 0.5) is 0 Å². The Kier molecular flexibility index (Phi) is 6.86. The van der Waals surface area contributed by atoms with Gasteiger partial charge in [-0.25, -0.2) is 5.10 Å². The van der Waals surface area contributed by atoms with E-state index in [1.165, 1.54) is 0 Å². The van der Waals surface area contributed by atoms with Gasteiger partial charge in [0.15, 0.2) is 12.1 Å². The number of aromatic nitrogens is 4. The fourth-order valence-corrected chi connectivity index (χ4v) is 4.40. The van der Waals surface area contributed by atoms with Gasteiger partial charge in [0.05, 0.1) is 6.67 Å². The lowest BCUT2D eigenvalue weighted by atomic mass is 9.98. The molecule has 0 bridgehead atoms. The van der Waals surface area contributed by atoms with Crippen LogP contribution in [0.2, 0.25) is 0 Å². The molecule has 7 nitrogen and oxygen atoms in total. The Labute approximate surface area is 210 Å². The molecular weight excluding hydrogens is 448 g/mol. The van der Waals surface area contributed by atoms with Crippen LogP contribution in [-0.2, 0) is 11.3 Å². The van der Waals surface area contributed by atoms with Crippen molar-refractivity contribution in [1.82, 2.24) is 30.4 Å². The van der Waals surface area contributed by atoms with Gasteiger partial charge in [-0.3, -0.25) is 4.79 Å². The van der Waals surface area contributed by atoms with E-state index in [1.54, 1.807) is 0 Å². The molecule has 0 unspecified atom stereocenters. The Hall–Kier alpha value is -4.70. The second-order valence-electron chi connectivity index (χ2n) is 8.56. The van der Waals surface area contributed by atoms with E-state index in [-0.39, 0.29) is 0 Å². The fourth-order valence-electron chi connectivity index (χ4n) is 4.40. The molecule has 0 aliphatic carbocycles. The van der Waals surface area contributed by atoms with Crippen molar-refractivity contribution >= 4 is 6.29 Å². The minimum atomic E-state index is 0.624. The predicted octanol–water partition coefficient (Wildman–Crippen LogP) is 4.48. The zero-order valence-electron chi connectivity index (χ0n) is 20.1. The quantitative estimate of drug-likeness (QED) is 0.314. The normalized spacial score (nSPS) is 13.0. The Morgan fingerprint density at radius 1 is 0.917 bits per heavy atom. The van der Waals surface area contributed by atoms with E-state index in [1.807, 2.05) is 48.5 Å². The van der Waals surface area contributed by atoms with Crippen LogP contribution in [-0.4, -0.2) is 49.9 Å². The van der Waals surface area contributed by atoms with E-state index in [9.17, 15) is 4.79 Å². The highest BCUT2D eigenvalue weighted by Crippen LogP contribution is 2.30. The standard InChI is InChI=1S/C29H26N6O/c1-2-18-34-21-35(28(20-36)27(34)17-14-22-8-4-3-5-9-22)19-23-12-15-24(16-13-23)25-10-6-7-11-26(25)29-30-32-33-31-29/h3-13,15-16,20H,2,18-19,21H2,1H3,(H,30,31,32,33). The number of benzene rings is 3. The molecule has 4 aromatic rings. The minimum absolute atomic E-state index is 0.624. The first-order valence-electron chi connectivity index (χ1n) is 12.0. The highest BCUT2D eigenvalue weighted by Gasteiger charge is 2.27. The van der Waals surface area contributed by atoms with Crippen LogP contribution in [0.25, 0.3) is 22.5 Å². The molecule has 0 fully saturated rings. The molecule has 0 saturated carbocycles. The summed E-state index contributed by atoms with van der Waals surface area (Å²) in [6, 6.07) is 26.3. The van der Waals surface area contributed by atoms with E-state index in [4.69, 9.17) is 0 Å². The summed E-state index contributed by atoms with van der Waals surface area (Å²) >= 11 is 0. The lowest BCUT2D eigenvalue weighted by molar-refractivity contribution is -0.106. The smallest absolute Gasteiger partial charge is 0.180 e. The number of H-pyrrole nitrogens is 1. The molecule has 7 heteroatoms. The summed E-state index contributed by atoms with van der Waals surface area (Å²) in [5.41, 5.74) is 6.54. The largest absolute Gasteiger partial charge is 0.345 e. The molecule has 5 rings (SSSR count). The first-order chi connectivity index (χ1) is 17.8. The van der Waals surface area contributed by atoms with Gasteiger partial charge in [-0.15, -0.1) is 5.10 Å². The van der Waals surface area contributed by atoms with Gasteiger partial charge in [0.1, 0.15) is 11.4 Å². The molecule has 0 atom stereocenters. The van der Waals surface area contributed by atoms with Gasteiger partial charge in [0, 0.05) is 24.2 Å². The van der Waals surface area contributed by atoms with Crippen LogP contribution in [0, 0.1) is 11.8 Å². The molecule has 3 aromatic carbocycles. The zero-order valence-corrected chi connectivity index (χ0v) is 20.1. The van der Waals surface area contributed by atoms with Crippen molar-refractivity contribution < 1.29 is 4.79 Å². The number of hydrogen-bond donors (Lipinski definition) is 1. The van der Waals surface area contributed by atoms with E-state index >= 15 is 0 Å². The number of nitrogens with one attached hydrogen (secondary N) is 1. The molecule has 36 heavy (non-hydrogen) atoms. The van der Waals surface area contributed by atoms with E-state index in [0.29, 0.717) is 24.7 Å². The lowest BCUT2D eigenvalue weighted by Crippen LogP contribution is -2.28. The Morgan fingerprint density at radius 2 is 1.67 bits per heavy atom. The summed E-state index contributed by atoms with van der Waals surface area (Å²) in [6.45, 7) is 4.25. The maximum atomic E-state index is 12.2. The summed E-state index contributed by atoms with van der Waals surface area (Å²) in [6.07, 6.45) is 1.91. The number of nitrogens with zero attached hydrogens (tertiary/aromatic N) is 5. The monoisotopic (exact) mass is 474 g/mol. The molecule has 0 amide bonds. The van der Waals surface area contributed by atoms with Crippen molar-refractivity contribution in [1.29, 1.82) is 0 Å². The highest BCUT2D eigenvalue weighted by atomic mass is 16.1. The Bertz CT molecular complexity index is 1420. The van der Waals surface area contributed by atoms with Crippen molar-refractivity contribution in [3.63, 3.8) is 0 Å². The van der Waals surface area contributed by atoms with Gasteiger partial charge in [-0.1, -0.05) is 79.6 Å². The van der Waals surface area contributed by atoms with Crippen molar-refractivity contribution in [3.8, 4) is 34.4 Å². The Morgan fingerprint density at radius 3 is 2.36 bits per heavy atom. The number of hydrogen-bond acceptors (Lipinski definition) is 6. The zero-order chi connectivity index (χ0) is 24.7. The van der Waals surface area contributed by atoms with E-state index < -0.39 is 0 Å². The number of allylic oxidation sites excluding steroid dienone is 2. The van der Waals surface area contributed by atoms with Gasteiger partial charge in [0.25, 0.3) is 0 Å². The summed E-state index contributed by atoms with van der Waals surface area (Å²) < 4.78 is 0. The van der Waals surface area contributed by atoms with Gasteiger partial charge in [0.2, 0.25) is 0 Å². The van der Waals surface area contributed by atoms with Crippen LogP contribution in [0.1, 0.15) is 24.5 Å². The summed E-state index contributed by atoms with van der Waals surface area (Å²) in [4.78, 5) is 16.4. The van der Waals surface area contributed by atoms with E-state index in [0.717, 1.165) is 52.8 Å². The maximum absolute atomic E-state index is 12.2. The van der Waals surface area contributed by atoms with E-state index in [2.05, 4.69) is 79.5 Å². The second-order valence-corrected chi connectivity index (χ2v) is 8.56. The number of aromatic amines is 1. The molecule has 0 saturated heterocycles. The van der Waals surface area contributed by atoms with Gasteiger partial charge in [-0.05, 0) is 51.6 Å². The molecule has 2 heterocycles. The second kappa shape index (κ2) is 10.7. The molecule has 1 aliphatic rings. The minimum Gasteiger partial charge on any atom is -0.345 e. The number of carbonyl (C=O) groups is 1. The third-order valence-corrected chi connectivity index (χ3v) is 6.11. The van der Waals surface area contributed by atoms with Crippen molar-refractivity contribution in [2.45, 2.75) is 19.9 Å². The fraction of sp³-hybridized carbons (Fsp3) is 0.172. The molecule has 1 N–H and O–H groups in total. The SMILES string of the molecule is CCCN1CN(Cc2ccc(-c3ccccc3-c3nnn[nH]3)cc2)C(C=O)=C1C#Cc1ccccc1. The average Bonchev–Trinajstić information content (AvgIpc) is 3.57. The first-order valence-corrected chi connectivity index (χ1v) is 12.0. The average molecular weight is 475 g/mol. The van der Waals surface area contributed by atoms with Gasteiger partial charge >= 0.3 is 0 Å². The van der Waals surface area contributed by atoms with Crippen LogP contribution >= 0.6 is 0 Å².